The highest BCUT2D eigenvalue weighted by Gasteiger charge is 2.26. The van der Waals surface area contributed by atoms with E-state index >= 15 is 0 Å². The van der Waals surface area contributed by atoms with E-state index in [-0.39, 0.29) is 17.6 Å². The van der Waals surface area contributed by atoms with E-state index in [9.17, 15) is 9.59 Å². The number of aromatic nitrogens is 4. The number of piperazine rings is 1. The fraction of sp³-hybridized carbons (Fsp3) is 0.360. The lowest BCUT2D eigenvalue weighted by molar-refractivity contribution is 0.0600. The molecule has 1 aliphatic heterocycles. The van der Waals surface area contributed by atoms with Crippen molar-refractivity contribution in [1.29, 1.82) is 0 Å². The van der Waals surface area contributed by atoms with Crippen LogP contribution in [0.25, 0.3) is 16.7 Å². The number of anilines is 1. The molecule has 9 nitrogen and oxygen atoms in total. The van der Waals surface area contributed by atoms with E-state index < -0.39 is 0 Å². The first kappa shape index (κ1) is 22.1. The summed E-state index contributed by atoms with van der Waals surface area (Å²) in [5.74, 6) is 1.04. The maximum absolute atomic E-state index is 12.8. The van der Waals surface area contributed by atoms with Gasteiger partial charge in [0.05, 0.1) is 30.1 Å². The van der Waals surface area contributed by atoms with Crippen LogP contribution >= 0.6 is 0 Å². The lowest BCUT2D eigenvalue weighted by Gasteiger charge is -2.40. The summed E-state index contributed by atoms with van der Waals surface area (Å²) in [6.07, 6.45) is 0. The molecule has 1 unspecified atom stereocenters. The van der Waals surface area contributed by atoms with Crippen LogP contribution in [0.5, 0.6) is 0 Å². The Morgan fingerprint density at radius 1 is 1.12 bits per heavy atom. The summed E-state index contributed by atoms with van der Waals surface area (Å²) in [6.45, 7) is 7.40. The summed E-state index contributed by atoms with van der Waals surface area (Å²) in [7, 11) is 3.13. The van der Waals surface area contributed by atoms with Gasteiger partial charge in [-0.2, -0.15) is 0 Å². The van der Waals surface area contributed by atoms with Gasteiger partial charge in [0.1, 0.15) is 0 Å². The zero-order valence-electron chi connectivity index (χ0n) is 19.9. The molecule has 5 rings (SSSR count). The number of carbonyl (C=O) groups excluding carboxylic acids is 1. The molecule has 0 N–H and O–H groups in total. The Labute approximate surface area is 197 Å². The van der Waals surface area contributed by atoms with Gasteiger partial charge < -0.3 is 9.64 Å². The number of methoxy groups -OCH3 is 1. The number of nitrogens with zero attached hydrogens (tertiary/aromatic N) is 6. The molecule has 1 aliphatic rings. The number of hydrogen-bond acceptors (Lipinski definition) is 7. The van der Waals surface area contributed by atoms with Gasteiger partial charge in [0.2, 0.25) is 5.78 Å². The van der Waals surface area contributed by atoms with Crippen molar-refractivity contribution < 1.29 is 9.53 Å². The summed E-state index contributed by atoms with van der Waals surface area (Å²) in [5.41, 5.74) is 3.45. The molecular formula is C25H28N6O3. The van der Waals surface area contributed by atoms with Crippen LogP contribution < -0.4 is 10.5 Å². The van der Waals surface area contributed by atoms with Gasteiger partial charge >= 0.3 is 5.97 Å². The maximum Gasteiger partial charge on any atom is 0.337 e. The topological polar surface area (TPSA) is 85.0 Å². The van der Waals surface area contributed by atoms with Crippen LogP contribution in [0, 0.1) is 6.92 Å². The Balaban J connectivity index is 1.39. The van der Waals surface area contributed by atoms with Crippen molar-refractivity contribution >= 4 is 28.3 Å². The van der Waals surface area contributed by atoms with Crippen LogP contribution in [0.1, 0.15) is 28.7 Å². The fourth-order valence-corrected chi connectivity index (χ4v) is 4.73. The van der Waals surface area contributed by atoms with Gasteiger partial charge in [0, 0.05) is 38.4 Å². The van der Waals surface area contributed by atoms with Crippen molar-refractivity contribution in [3.8, 4) is 0 Å². The normalized spacial score (nSPS) is 16.9. The molecule has 2 aromatic heterocycles. The second-order valence-electron chi connectivity index (χ2n) is 8.94. The first-order chi connectivity index (χ1) is 16.4. The van der Waals surface area contributed by atoms with Crippen molar-refractivity contribution in [3.63, 3.8) is 0 Å². The van der Waals surface area contributed by atoms with Gasteiger partial charge in [-0.25, -0.2) is 4.79 Å². The van der Waals surface area contributed by atoms with E-state index in [2.05, 4.69) is 26.9 Å². The highest BCUT2D eigenvalue weighted by Crippen LogP contribution is 2.22. The number of benzene rings is 2. The van der Waals surface area contributed by atoms with Crippen LogP contribution in [-0.4, -0.2) is 62.8 Å². The molecule has 1 fully saturated rings. The molecule has 0 radical (unpaired) electrons. The number of fused-ring (bicyclic) bond motifs is 3. The first-order valence-corrected chi connectivity index (χ1v) is 11.4. The molecule has 0 aliphatic carbocycles. The van der Waals surface area contributed by atoms with Gasteiger partial charge in [0.25, 0.3) is 5.56 Å². The number of aryl methyl sites for hydroxylation is 2. The van der Waals surface area contributed by atoms with E-state index in [1.807, 2.05) is 41.7 Å². The molecule has 34 heavy (non-hydrogen) atoms. The lowest BCUT2D eigenvalue weighted by atomic mass is 10.1. The van der Waals surface area contributed by atoms with E-state index in [4.69, 9.17) is 4.74 Å². The summed E-state index contributed by atoms with van der Waals surface area (Å²) in [6, 6.07) is 13.7. The molecule has 0 amide bonds. The second kappa shape index (κ2) is 8.57. The van der Waals surface area contributed by atoms with Crippen LogP contribution in [0.15, 0.2) is 47.3 Å². The number of ether oxygens (including phenoxy) is 1. The summed E-state index contributed by atoms with van der Waals surface area (Å²) >= 11 is 0. The Bertz CT molecular complexity index is 1440. The molecule has 1 atom stereocenters. The smallest absolute Gasteiger partial charge is 0.337 e. The molecular weight excluding hydrogens is 432 g/mol. The van der Waals surface area contributed by atoms with Crippen molar-refractivity contribution in [2.24, 2.45) is 7.05 Å². The van der Waals surface area contributed by atoms with E-state index in [1.54, 1.807) is 23.7 Å². The first-order valence-electron chi connectivity index (χ1n) is 11.4. The fourth-order valence-electron chi connectivity index (χ4n) is 4.73. The average molecular weight is 461 g/mol. The number of hydrogen-bond donors (Lipinski definition) is 0. The van der Waals surface area contributed by atoms with Crippen molar-refractivity contribution in [3.05, 3.63) is 69.8 Å². The number of rotatable bonds is 4. The Hall–Kier alpha value is -3.72. The molecule has 1 saturated heterocycles. The van der Waals surface area contributed by atoms with Gasteiger partial charge in [-0.05, 0) is 50.2 Å². The van der Waals surface area contributed by atoms with E-state index in [0.717, 1.165) is 42.2 Å². The van der Waals surface area contributed by atoms with Gasteiger partial charge in [-0.15, -0.1) is 10.2 Å². The van der Waals surface area contributed by atoms with Crippen molar-refractivity contribution in [1.82, 2.24) is 24.1 Å². The van der Waals surface area contributed by atoms with Gasteiger partial charge in [-0.1, -0.05) is 11.6 Å². The minimum Gasteiger partial charge on any atom is -0.465 e. The van der Waals surface area contributed by atoms with Crippen molar-refractivity contribution in [2.45, 2.75) is 26.4 Å². The quantitative estimate of drug-likeness (QED) is 0.432. The molecule has 0 bridgehead atoms. The molecule has 4 aromatic rings. The average Bonchev–Trinajstić information content (AvgIpc) is 3.27. The third-order valence-electron chi connectivity index (χ3n) is 6.70. The van der Waals surface area contributed by atoms with E-state index in [0.29, 0.717) is 23.3 Å². The molecule has 0 spiro atoms. The highest BCUT2D eigenvalue weighted by molar-refractivity contribution is 5.89. The Morgan fingerprint density at radius 2 is 1.88 bits per heavy atom. The maximum atomic E-state index is 12.8. The highest BCUT2D eigenvalue weighted by atomic mass is 16.5. The van der Waals surface area contributed by atoms with Crippen LogP contribution in [0.3, 0.4) is 0 Å². The zero-order chi connectivity index (χ0) is 24.0. The van der Waals surface area contributed by atoms with Crippen LogP contribution in [0.4, 0.5) is 5.69 Å². The van der Waals surface area contributed by atoms with Crippen molar-refractivity contribution in [2.75, 3.05) is 31.6 Å². The number of esters is 1. The molecule has 3 heterocycles. The monoisotopic (exact) mass is 460 g/mol. The molecule has 176 valence electrons. The third kappa shape index (κ3) is 3.71. The Kier molecular flexibility index (Phi) is 5.57. The molecule has 9 heteroatoms. The summed E-state index contributed by atoms with van der Waals surface area (Å²) in [5, 5.41) is 9.47. The molecule has 2 aromatic carbocycles. The van der Waals surface area contributed by atoms with Crippen LogP contribution in [0.2, 0.25) is 0 Å². The predicted molar refractivity (Wildman–Crippen MR) is 130 cm³/mol. The van der Waals surface area contributed by atoms with Gasteiger partial charge in [0.15, 0.2) is 5.82 Å². The second-order valence-corrected chi connectivity index (χ2v) is 8.94. The largest absolute Gasteiger partial charge is 0.465 e. The van der Waals surface area contributed by atoms with Crippen LogP contribution in [-0.2, 0) is 18.3 Å². The zero-order valence-corrected chi connectivity index (χ0v) is 19.9. The lowest BCUT2D eigenvalue weighted by Crippen LogP contribution is -2.51. The number of carbonyl (C=O) groups is 1. The van der Waals surface area contributed by atoms with Gasteiger partial charge in [-0.3, -0.25) is 18.7 Å². The summed E-state index contributed by atoms with van der Waals surface area (Å²) < 4.78 is 8.36. The summed E-state index contributed by atoms with van der Waals surface area (Å²) in [4.78, 5) is 29.3. The standard InChI is InChI=1S/C25H28N6O3/c1-16-5-10-21-20(13-16)23(32)28(3)25-27-26-22(31(21)25)15-29-11-12-30(14-17(29)2)19-8-6-18(7-9-19)24(33)34-4/h5-10,13,17H,11-12,14-15H2,1-4H3. The Morgan fingerprint density at radius 3 is 2.59 bits per heavy atom. The third-order valence-corrected chi connectivity index (χ3v) is 6.70. The SMILES string of the molecule is COC(=O)c1ccc(N2CCN(Cc3nnc4n(C)c(=O)c5cc(C)ccc5n34)C(C)C2)cc1. The van der Waals surface area contributed by atoms with E-state index in [1.165, 1.54) is 7.11 Å². The molecule has 0 saturated carbocycles. The minimum absolute atomic E-state index is 0.0645. The predicted octanol–water partition coefficient (Wildman–Crippen LogP) is 2.39. The minimum atomic E-state index is -0.328.